The summed E-state index contributed by atoms with van der Waals surface area (Å²) in [5.41, 5.74) is 2.99. The molecule has 0 aliphatic heterocycles. The SMILES string of the molecule is COc1cccc(C(CO)NC(C)c2ccc(-n3cnnn3)cc2)c1. The molecule has 0 spiro atoms. The first-order valence-corrected chi connectivity index (χ1v) is 8.05. The van der Waals surface area contributed by atoms with Crippen LogP contribution in [0.1, 0.15) is 30.1 Å². The summed E-state index contributed by atoms with van der Waals surface area (Å²) in [4.78, 5) is 0. The maximum atomic E-state index is 9.78. The highest BCUT2D eigenvalue weighted by Crippen LogP contribution is 2.23. The predicted octanol–water partition coefficient (Wildman–Crippen LogP) is 2.06. The van der Waals surface area contributed by atoms with Gasteiger partial charge in [-0.05, 0) is 52.7 Å². The highest BCUT2D eigenvalue weighted by molar-refractivity contribution is 5.35. The Bertz CT molecular complexity index is 789. The Morgan fingerprint density at radius 3 is 2.60 bits per heavy atom. The summed E-state index contributed by atoms with van der Waals surface area (Å²) < 4.78 is 6.87. The van der Waals surface area contributed by atoms with E-state index in [2.05, 4.69) is 27.8 Å². The van der Waals surface area contributed by atoms with E-state index in [0.717, 1.165) is 22.6 Å². The second kappa shape index (κ2) is 7.87. The van der Waals surface area contributed by atoms with Gasteiger partial charge in [-0.3, -0.25) is 0 Å². The molecule has 0 fully saturated rings. The van der Waals surface area contributed by atoms with Crippen molar-refractivity contribution in [3.05, 3.63) is 66.0 Å². The normalized spacial score (nSPS) is 13.4. The number of methoxy groups -OCH3 is 1. The number of nitrogens with zero attached hydrogens (tertiary/aromatic N) is 4. The first-order chi connectivity index (χ1) is 12.2. The van der Waals surface area contributed by atoms with Crippen LogP contribution in [0.5, 0.6) is 5.75 Å². The van der Waals surface area contributed by atoms with Crippen molar-refractivity contribution < 1.29 is 9.84 Å². The maximum Gasteiger partial charge on any atom is 0.143 e. The number of aromatic nitrogens is 4. The van der Waals surface area contributed by atoms with E-state index >= 15 is 0 Å². The molecular formula is C18H21N5O2. The van der Waals surface area contributed by atoms with Gasteiger partial charge in [-0.25, -0.2) is 4.68 Å². The molecule has 1 aromatic heterocycles. The van der Waals surface area contributed by atoms with E-state index in [1.807, 2.05) is 48.5 Å². The molecule has 1 heterocycles. The maximum absolute atomic E-state index is 9.78. The van der Waals surface area contributed by atoms with Crippen LogP contribution in [-0.2, 0) is 0 Å². The summed E-state index contributed by atoms with van der Waals surface area (Å²) in [5.74, 6) is 0.774. The molecular weight excluding hydrogens is 318 g/mol. The Morgan fingerprint density at radius 1 is 1.16 bits per heavy atom. The average molecular weight is 339 g/mol. The Morgan fingerprint density at radius 2 is 1.96 bits per heavy atom. The largest absolute Gasteiger partial charge is 0.497 e. The zero-order valence-electron chi connectivity index (χ0n) is 14.2. The number of hydrogen-bond donors (Lipinski definition) is 2. The lowest BCUT2D eigenvalue weighted by molar-refractivity contribution is 0.235. The lowest BCUT2D eigenvalue weighted by Gasteiger charge is -2.23. The van der Waals surface area contributed by atoms with E-state index in [4.69, 9.17) is 4.74 Å². The molecule has 0 saturated heterocycles. The second-order valence-corrected chi connectivity index (χ2v) is 5.75. The monoisotopic (exact) mass is 339 g/mol. The fourth-order valence-corrected chi connectivity index (χ4v) is 2.71. The van der Waals surface area contributed by atoms with Crippen molar-refractivity contribution in [3.63, 3.8) is 0 Å². The molecule has 2 N–H and O–H groups in total. The Balaban J connectivity index is 1.72. The van der Waals surface area contributed by atoms with Crippen molar-refractivity contribution in [2.24, 2.45) is 0 Å². The van der Waals surface area contributed by atoms with Gasteiger partial charge in [-0.15, -0.1) is 5.10 Å². The highest BCUT2D eigenvalue weighted by Gasteiger charge is 2.15. The van der Waals surface area contributed by atoms with Crippen LogP contribution in [0.2, 0.25) is 0 Å². The molecule has 25 heavy (non-hydrogen) atoms. The number of nitrogens with one attached hydrogen (secondary N) is 1. The van der Waals surface area contributed by atoms with Gasteiger partial charge in [0.15, 0.2) is 0 Å². The smallest absolute Gasteiger partial charge is 0.143 e. The Kier molecular flexibility index (Phi) is 5.37. The van der Waals surface area contributed by atoms with E-state index in [-0.39, 0.29) is 18.7 Å². The van der Waals surface area contributed by atoms with Gasteiger partial charge >= 0.3 is 0 Å². The van der Waals surface area contributed by atoms with Gasteiger partial charge in [-0.2, -0.15) is 0 Å². The Hall–Kier alpha value is -2.77. The molecule has 0 aliphatic carbocycles. The zero-order chi connectivity index (χ0) is 17.6. The summed E-state index contributed by atoms with van der Waals surface area (Å²) in [6.07, 6.45) is 1.56. The lowest BCUT2D eigenvalue weighted by Crippen LogP contribution is -2.27. The third kappa shape index (κ3) is 4.01. The number of rotatable bonds is 7. The van der Waals surface area contributed by atoms with E-state index < -0.39 is 0 Å². The topological polar surface area (TPSA) is 85.1 Å². The van der Waals surface area contributed by atoms with Gasteiger partial charge < -0.3 is 15.2 Å². The van der Waals surface area contributed by atoms with Crippen molar-refractivity contribution in [1.82, 2.24) is 25.5 Å². The van der Waals surface area contributed by atoms with Gasteiger partial charge in [-0.1, -0.05) is 24.3 Å². The molecule has 2 atom stereocenters. The van der Waals surface area contributed by atoms with Gasteiger partial charge in [0, 0.05) is 6.04 Å². The molecule has 0 saturated carbocycles. The molecule has 3 rings (SSSR count). The van der Waals surface area contributed by atoms with Crippen LogP contribution in [0, 0.1) is 0 Å². The summed E-state index contributed by atoms with van der Waals surface area (Å²) >= 11 is 0. The number of ether oxygens (including phenoxy) is 1. The van der Waals surface area contributed by atoms with Gasteiger partial charge in [0.2, 0.25) is 0 Å². The van der Waals surface area contributed by atoms with Crippen LogP contribution in [0.25, 0.3) is 5.69 Å². The number of aliphatic hydroxyl groups is 1. The number of hydrogen-bond acceptors (Lipinski definition) is 6. The minimum atomic E-state index is -0.177. The second-order valence-electron chi connectivity index (χ2n) is 5.75. The van der Waals surface area contributed by atoms with Gasteiger partial charge in [0.25, 0.3) is 0 Å². The third-order valence-electron chi connectivity index (χ3n) is 4.14. The summed E-state index contributed by atoms with van der Waals surface area (Å²) in [7, 11) is 1.63. The third-order valence-corrected chi connectivity index (χ3v) is 4.14. The quantitative estimate of drug-likeness (QED) is 0.685. The molecule has 130 valence electrons. The van der Waals surface area contributed by atoms with Crippen molar-refractivity contribution in [3.8, 4) is 11.4 Å². The highest BCUT2D eigenvalue weighted by atomic mass is 16.5. The summed E-state index contributed by atoms with van der Waals surface area (Å²) in [6, 6.07) is 15.6. The van der Waals surface area contributed by atoms with Crippen LogP contribution in [0.15, 0.2) is 54.9 Å². The van der Waals surface area contributed by atoms with Crippen molar-refractivity contribution in [2.75, 3.05) is 13.7 Å². The molecule has 0 amide bonds. The lowest BCUT2D eigenvalue weighted by atomic mass is 10.0. The molecule has 0 radical (unpaired) electrons. The molecule has 2 aromatic carbocycles. The van der Waals surface area contributed by atoms with Crippen LogP contribution in [0.4, 0.5) is 0 Å². The van der Waals surface area contributed by atoms with Gasteiger partial charge in [0.1, 0.15) is 12.1 Å². The minimum absolute atomic E-state index is 0.000216. The average Bonchev–Trinajstić information content (AvgIpc) is 3.21. The van der Waals surface area contributed by atoms with Gasteiger partial charge in [0.05, 0.1) is 25.4 Å². The van der Waals surface area contributed by atoms with Crippen molar-refractivity contribution >= 4 is 0 Å². The van der Waals surface area contributed by atoms with Crippen molar-refractivity contribution in [1.29, 1.82) is 0 Å². The van der Waals surface area contributed by atoms with Crippen LogP contribution >= 0.6 is 0 Å². The molecule has 7 heteroatoms. The standard InChI is InChI=1S/C18H21N5O2/c1-13(14-6-8-16(9-7-14)23-12-19-21-22-23)20-18(11-24)15-4-3-5-17(10-15)25-2/h3-10,12-13,18,20,24H,11H2,1-2H3. The van der Waals surface area contributed by atoms with Crippen LogP contribution in [0.3, 0.4) is 0 Å². The van der Waals surface area contributed by atoms with E-state index in [0.29, 0.717) is 0 Å². The van der Waals surface area contributed by atoms with E-state index in [9.17, 15) is 5.11 Å². The number of tetrazole rings is 1. The number of aliphatic hydroxyl groups excluding tert-OH is 1. The summed E-state index contributed by atoms with van der Waals surface area (Å²) in [5, 5.41) is 24.4. The predicted molar refractivity (Wildman–Crippen MR) is 93.5 cm³/mol. The molecule has 0 aliphatic rings. The fraction of sp³-hybridized carbons (Fsp3) is 0.278. The van der Waals surface area contributed by atoms with E-state index in [1.54, 1.807) is 18.1 Å². The fourth-order valence-electron chi connectivity index (χ4n) is 2.71. The molecule has 0 bridgehead atoms. The van der Waals surface area contributed by atoms with Crippen molar-refractivity contribution in [2.45, 2.75) is 19.0 Å². The first-order valence-electron chi connectivity index (χ1n) is 8.05. The summed E-state index contributed by atoms with van der Waals surface area (Å²) in [6.45, 7) is 2.06. The van der Waals surface area contributed by atoms with Crippen LogP contribution < -0.4 is 10.1 Å². The zero-order valence-corrected chi connectivity index (χ0v) is 14.2. The molecule has 7 nitrogen and oxygen atoms in total. The number of benzene rings is 2. The first kappa shape index (κ1) is 17.1. The van der Waals surface area contributed by atoms with Crippen LogP contribution in [-0.4, -0.2) is 39.0 Å². The van der Waals surface area contributed by atoms with E-state index in [1.165, 1.54) is 0 Å². The molecule has 2 unspecified atom stereocenters. The Labute approximate surface area is 146 Å². The molecule has 3 aromatic rings. The minimum Gasteiger partial charge on any atom is -0.497 e.